The summed E-state index contributed by atoms with van der Waals surface area (Å²) in [5, 5.41) is 0.427. The molecule has 140 valence electrons. The van der Waals surface area contributed by atoms with Gasteiger partial charge in [-0.2, -0.15) is 0 Å². The average molecular weight is 388 g/mol. The van der Waals surface area contributed by atoms with Crippen LogP contribution in [0.25, 0.3) is 0 Å². The summed E-state index contributed by atoms with van der Waals surface area (Å²) in [6.07, 6.45) is -0.0537. The van der Waals surface area contributed by atoms with E-state index in [1.165, 1.54) is 6.07 Å². The van der Waals surface area contributed by atoms with E-state index in [2.05, 4.69) is 10.9 Å². The average Bonchev–Trinajstić information content (AvgIpc) is 2.94. The number of carbonyl (C=O) groups excluding carboxylic acids is 3. The first-order valence-electron chi connectivity index (χ1n) is 8.40. The number of halogens is 1. The number of anilines is 1. The van der Waals surface area contributed by atoms with Crippen molar-refractivity contribution in [3.63, 3.8) is 0 Å². The van der Waals surface area contributed by atoms with E-state index in [1.54, 1.807) is 42.5 Å². The van der Waals surface area contributed by atoms with Gasteiger partial charge in [-0.3, -0.25) is 19.8 Å². The lowest BCUT2D eigenvalue weighted by Gasteiger charge is -2.16. The molecular formula is C19H18ClN3O4. The maximum atomic E-state index is 12.6. The van der Waals surface area contributed by atoms with Gasteiger partial charge in [0.15, 0.2) is 0 Å². The third kappa shape index (κ3) is 4.27. The van der Waals surface area contributed by atoms with Crippen molar-refractivity contribution >= 4 is 35.0 Å². The molecule has 1 aliphatic rings. The molecule has 0 unspecified atom stereocenters. The third-order valence-corrected chi connectivity index (χ3v) is 4.23. The molecule has 3 rings (SSSR count). The molecule has 2 aromatic carbocycles. The van der Waals surface area contributed by atoms with Crippen molar-refractivity contribution in [2.75, 3.05) is 11.5 Å². The van der Waals surface area contributed by atoms with Crippen molar-refractivity contribution in [3.05, 3.63) is 59.1 Å². The molecule has 0 spiro atoms. The van der Waals surface area contributed by atoms with Crippen LogP contribution in [0.3, 0.4) is 0 Å². The van der Waals surface area contributed by atoms with Crippen LogP contribution in [-0.2, 0) is 9.59 Å². The second kappa shape index (κ2) is 8.20. The Morgan fingerprint density at radius 2 is 1.96 bits per heavy atom. The highest BCUT2D eigenvalue weighted by Crippen LogP contribution is 2.25. The van der Waals surface area contributed by atoms with Gasteiger partial charge in [-0.05, 0) is 49.4 Å². The fourth-order valence-electron chi connectivity index (χ4n) is 2.73. The number of imide groups is 1. The third-order valence-electron chi connectivity index (χ3n) is 4.00. The number of hydrogen-bond acceptors (Lipinski definition) is 5. The van der Waals surface area contributed by atoms with Gasteiger partial charge in [-0.25, -0.2) is 10.3 Å². The number of hydrogen-bond donors (Lipinski definition) is 2. The number of ether oxygens (including phenoxy) is 1. The highest BCUT2D eigenvalue weighted by atomic mass is 35.5. The normalized spacial score (nSPS) is 16.5. The van der Waals surface area contributed by atoms with Crippen molar-refractivity contribution < 1.29 is 19.1 Å². The number of nitrogens with zero attached hydrogens (tertiary/aromatic N) is 1. The molecule has 1 heterocycles. The molecule has 0 radical (unpaired) electrons. The topological polar surface area (TPSA) is 87.7 Å². The molecule has 0 bridgehead atoms. The molecule has 1 fully saturated rings. The number of nitrogens with one attached hydrogen (secondary N) is 2. The smallest absolute Gasteiger partial charge is 0.265 e. The number of carbonyl (C=O) groups is 3. The summed E-state index contributed by atoms with van der Waals surface area (Å²) in [7, 11) is 0. The van der Waals surface area contributed by atoms with Crippen LogP contribution in [0.2, 0.25) is 5.02 Å². The molecule has 1 atom stereocenters. The predicted octanol–water partition coefficient (Wildman–Crippen LogP) is 2.31. The molecule has 27 heavy (non-hydrogen) atoms. The molecule has 7 nitrogen and oxygen atoms in total. The maximum absolute atomic E-state index is 12.6. The zero-order chi connectivity index (χ0) is 19.4. The van der Waals surface area contributed by atoms with Gasteiger partial charge in [0.05, 0.1) is 18.7 Å². The van der Waals surface area contributed by atoms with Crippen LogP contribution in [0.15, 0.2) is 48.5 Å². The van der Waals surface area contributed by atoms with Gasteiger partial charge in [-0.15, -0.1) is 0 Å². The Labute approximate surface area is 161 Å². The largest absolute Gasteiger partial charge is 0.494 e. The zero-order valence-corrected chi connectivity index (χ0v) is 15.3. The van der Waals surface area contributed by atoms with Gasteiger partial charge >= 0.3 is 0 Å². The summed E-state index contributed by atoms with van der Waals surface area (Å²) < 4.78 is 5.36. The van der Waals surface area contributed by atoms with Crippen molar-refractivity contribution in [1.29, 1.82) is 0 Å². The highest BCUT2D eigenvalue weighted by Gasteiger charge is 2.39. The Morgan fingerprint density at radius 3 is 2.63 bits per heavy atom. The Hall–Kier alpha value is -2.90. The van der Waals surface area contributed by atoms with Crippen LogP contribution >= 0.6 is 11.6 Å². The number of rotatable bonds is 6. The first kappa shape index (κ1) is 18.9. The molecule has 0 aromatic heterocycles. The Balaban J connectivity index is 1.64. The molecule has 8 heteroatoms. The van der Waals surface area contributed by atoms with E-state index < -0.39 is 17.9 Å². The lowest BCUT2D eigenvalue weighted by atomic mass is 10.2. The lowest BCUT2D eigenvalue weighted by molar-refractivity contribution is -0.121. The second-order valence-corrected chi connectivity index (χ2v) is 6.30. The van der Waals surface area contributed by atoms with Crippen molar-refractivity contribution in [3.8, 4) is 5.75 Å². The molecule has 1 aliphatic heterocycles. The van der Waals surface area contributed by atoms with Crippen LogP contribution in [0.5, 0.6) is 5.75 Å². The number of benzene rings is 2. The van der Waals surface area contributed by atoms with Crippen molar-refractivity contribution in [2.45, 2.75) is 19.4 Å². The highest BCUT2D eigenvalue weighted by molar-refractivity contribution is 6.31. The minimum Gasteiger partial charge on any atom is -0.494 e. The molecular weight excluding hydrogens is 370 g/mol. The van der Waals surface area contributed by atoms with Gasteiger partial charge in [0.25, 0.3) is 11.8 Å². The summed E-state index contributed by atoms with van der Waals surface area (Å²) in [4.78, 5) is 38.1. The molecule has 2 N–H and O–H groups in total. The van der Waals surface area contributed by atoms with Crippen LogP contribution in [0.4, 0.5) is 5.69 Å². The fraction of sp³-hybridized carbons (Fsp3) is 0.211. The van der Waals surface area contributed by atoms with Crippen LogP contribution < -0.4 is 20.5 Å². The first-order chi connectivity index (χ1) is 13.0. The molecule has 2 aromatic rings. The van der Waals surface area contributed by atoms with E-state index in [0.717, 1.165) is 4.90 Å². The van der Waals surface area contributed by atoms with Crippen LogP contribution in [0.1, 0.15) is 23.7 Å². The maximum Gasteiger partial charge on any atom is 0.265 e. The van der Waals surface area contributed by atoms with Crippen LogP contribution in [-0.4, -0.2) is 30.4 Å². The van der Waals surface area contributed by atoms with E-state index >= 15 is 0 Å². The Kier molecular flexibility index (Phi) is 5.73. The summed E-state index contributed by atoms with van der Waals surface area (Å²) in [5.74, 6) is -0.574. The standard InChI is InChI=1S/C19H18ClN3O4/c1-2-27-15-8-6-14(7-9-15)23-17(24)11-16(19(23)26)21-22-18(25)12-4-3-5-13(20)10-12/h3-10,16,21H,2,11H2,1H3,(H,22,25)/t16-/m1/s1. The molecule has 1 saturated heterocycles. The minimum absolute atomic E-state index is 0.0537. The van der Waals surface area contributed by atoms with Crippen molar-refractivity contribution in [1.82, 2.24) is 10.9 Å². The monoisotopic (exact) mass is 387 g/mol. The van der Waals surface area contributed by atoms with Gasteiger partial charge in [-0.1, -0.05) is 17.7 Å². The van der Waals surface area contributed by atoms with E-state index in [-0.39, 0.29) is 12.3 Å². The number of amides is 3. The summed E-state index contributed by atoms with van der Waals surface area (Å²) >= 11 is 5.86. The van der Waals surface area contributed by atoms with Crippen molar-refractivity contribution in [2.24, 2.45) is 0 Å². The SMILES string of the molecule is CCOc1ccc(N2C(=O)C[C@@H](NNC(=O)c3cccc(Cl)c3)C2=O)cc1. The lowest BCUT2D eigenvalue weighted by Crippen LogP contribution is -2.48. The Morgan fingerprint density at radius 1 is 1.22 bits per heavy atom. The van der Waals surface area contributed by atoms with E-state index in [4.69, 9.17) is 16.3 Å². The van der Waals surface area contributed by atoms with Gasteiger partial charge in [0, 0.05) is 10.6 Å². The first-order valence-corrected chi connectivity index (χ1v) is 8.78. The predicted molar refractivity (Wildman–Crippen MR) is 101 cm³/mol. The quantitative estimate of drug-likeness (QED) is 0.586. The van der Waals surface area contributed by atoms with Gasteiger partial charge in [0.2, 0.25) is 5.91 Å². The molecule has 3 amide bonds. The molecule has 0 aliphatic carbocycles. The summed E-state index contributed by atoms with van der Waals surface area (Å²) in [5.41, 5.74) is 5.88. The molecule has 0 saturated carbocycles. The number of hydrazine groups is 1. The summed E-state index contributed by atoms with van der Waals surface area (Å²) in [6.45, 7) is 2.40. The minimum atomic E-state index is -0.841. The fourth-order valence-corrected chi connectivity index (χ4v) is 2.92. The van der Waals surface area contributed by atoms with Crippen LogP contribution in [0, 0.1) is 0 Å². The van der Waals surface area contributed by atoms with Gasteiger partial charge < -0.3 is 4.74 Å². The van der Waals surface area contributed by atoms with E-state index in [0.29, 0.717) is 28.6 Å². The van der Waals surface area contributed by atoms with E-state index in [1.807, 2.05) is 6.92 Å². The second-order valence-electron chi connectivity index (χ2n) is 5.86. The zero-order valence-electron chi connectivity index (χ0n) is 14.6. The Bertz CT molecular complexity index is 870. The van der Waals surface area contributed by atoms with Gasteiger partial charge in [0.1, 0.15) is 11.8 Å². The summed E-state index contributed by atoms with van der Waals surface area (Å²) in [6, 6.07) is 12.2. The van der Waals surface area contributed by atoms with E-state index in [9.17, 15) is 14.4 Å².